The lowest BCUT2D eigenvalue weighted by atomic mass is 10.1. The minimum Gasteiger partial charge on any atom is -0.462 e. The lowest BCUT2D eigenvalue weighted by molar-refractivity contribution is -0.120. The highest BCUT2D eigenvalue weighted by Crippen LogP contribution is 2.28. The van der Waals surface area contributed by atoms with Crippen LogP contribution in [0.5, 0.6) is 11.5 Å². The van der Waals surface area contributed by atoms with Gasteiger partial charge in [-0.25, -0.2) is 0 Å². The number of rotatable bonds is 8. The Hall–Kier alpha value is -2.30. The number of carbonyl (C=O) groups is 2. The Bertz CT molecular complexity index is 403. The van der Waals surface area contributed by atoms with E-state index in [1.807, 2.05) is 0 Å². The van der Waals surface area contributed by atoms with E-state index in [1.165, 1.54) is 6.26 Å². The molecule has 5 nitrogen and oxygen atoms in total. The molecule has 0 heterocycles. The second-order valence-electron chi connectivity index (χ2n) is 3.10. The molecule has 0 aromatic heterocycles. The zero-order valence-electron chi connectivity index (χ0n) is 9.22. The predicted molar refractivity (Wildman–Crippen MR) is 61.7 cm³/mol. The van der Waals surface area contributed by atoms with Crippen molar-refractivity contribution in [1.29, 1.82) is 0 Å². The quantitative estimate of drug-likeness (QED) is 0.415. The smallest absolute Gasteiger partial charge is 0.298 e. The molecule has 0 unspecified atom stereocenters. The van der Waals surface area contributed by atoms with Crippen LogP contribution in [0, 0.1) is 0 Å². The molecule has 90 valence electrons. The van der Waals surface area contributed by atoms with Gasteiger partial charge < -0.3 is 14.8 Å². The van der Waals surface area contributed by atoms with Gasteiger partial charge in [-0.1, -0.05) is 12.6 Å². The molecule has 0 spiro atoms. The predicted octanol–water partition coefficient (Wildman–Crippen LogP) is 1.03. The molecule has 0 aliphatic rings. The average molecular weight is 235 g/mol. The Kier molecular flexibility index (Phi) is 5.30. The Morgan fingerprint density at radius 1 is 1.24 bits per heavy atom. The van der Waals surface area contributed by atoms with Crippen LogP contribution in [0.4, 0.5) is 0 Å². The SMILES string of the molecule is C=COc1cc(CCNC=O)ccc1OC=O. The van der Waals surface area contributed by atoms with Gasteiger partial charge in [-0.2, -0.15) is 0 Å². The van der Waals surface area contributed by atoms with Crippen LogP contribution in [0.2, 0.25) is 0 Å². The molecule has 17 heavy (non-hydrogen) atoms. The first-order valence-electron chi connectivity index (χ1n) is 4.99. The Labute approximate surface area is 99.0 Å². The summed E-state index contributed by atoms with van der Waals surface area (Å²) >= 11 is 0. The van der Waals surface area contributed by atoms with E-state index >= 15 is 0 Å². The van der Waals surface area contributed by atoms with Crippen LogP contribution in [0.1, 0.15) is 5.56 Å². The minimum atomic E-state index is 0.326. The van der Waals surface area contributed by atoms with E-state index in [-0.39, 0.29) is 0 Å². The molecule has 1 aromatic rings. The second kappa shape index (κ2) is 7.05. The van der Waals surface area contributed by atoms with Crippen molar-refractivity contribution >= 4 is 12.9 Å². The summed E-state index contributed by atoms with van der Waals surface area (Å²) < 4.78 is 9.87. The van der Waals surface area contributed by atoms with Crippen molar-refractivity contribution in [3.63, 3.8) is 0 Å². The lowest BCUT2D eigenvalue weighted by Crippen LogP contribution is -2.14. The molecule has 0 bridgehead atoms. The number of carbonyl (C=O) groups excluding carboxylic acids is 2. The monoisotopic (exact) mass is 235 g/mol. The minimum absolute atomic E-state index is 0.326. The fourth-order valence-electron chi connectivity index (χ4n) is 1.31. The standard InChI is InChI=1S/C12H13NO4/c1-2-16-12-7-10(5-6-13-8-14)3-4-11(12)17-9-15/h2-4,7-9H,1,5-6H2,(H,13,14). The summed E-state index contributed by atoms with van der Waals surface area (Å²) in [5, 5.41) is 2.56. The van der Waals surface area contributed by atoms with E-state index in [2.05, 4.69) is 11.9 Å². The molecule has 0 atom stereocenters. The summed E-state index contributed by atoms with van der Waals surface area (Å²) in [5.74, 6) is 0.739. The first kappa shape index (κ1) is 12.8. The van der Waals surface area contributed by atoms with Gasteiger partial charge in [-0.15, -0.1) is 0 Å². The molecule has 1 N–H and O–H groups in total. The van der Waals surface area contributed by atoms with E-state index in [0.29, 0.717) is 37.3 Å². The van der Waals surface area contributed by atoms with E-state index < -0.39 is 0 Å². The van der Waals surface area contributed by atoms with E-state index in [1.54, 1.807) is 18.2 Å². The van der Waals surface area contributed by atoms with Crippen LogP contribution < -0.4 is 14.8 Å². The van der Waals surface area contributed by atoms with Crippen molar-refractivity contribution in [1.82, 2.24) is 5.32 Å². The molecule has 0 fully saturated rings. The molecule has 1 rings (SSSR count). The van der Waals surface area contributed by atoms with E-state index in [9.17, 15) is 9.59 Å². The van der Waals surface area contributed by atoms with Gasteiger partial charge in [0.05, 0.1) is 6.26 Å². The maximum Gasteiger partial charge on any atom is 0.298 e. The van der Waals surface area contributed by atoms with Crippen LogP contribution in [-0.2, 0) is 16.0 Å². The molecule has 0 radical (unpaired) electrons. The van der Waals surface area contributed by atoms with Crippen LogP contribution in [0.15, 0.2) is 31.0 Å². The molecule has 0 saturated carbocycles. The number of hydrogen-bond acceptors (Lipinski definition) is 4. The maximum absolute atomic E-state index is 10.3. The van der Waals surface area contributed by atoms with Gasteiger partial charge in [0, 0.05) is 6.54 Å². The van der Waals surface area contributed by atoms with Gasteiger partial charge in [-0.3, -0.25) is 9.59 Å². The summed E-state index contributed by atoms with van der Waals surface area (Å²) in [6.45, 7) is 4.30. The van der Waals surface area contributed by atoms with Crippen molar-refractivity contribution in [3.05, 3.63) is 36.6 Å². The Morgan fingerprint density at radius 3 is 2.71 bits per heavy atom. The maximum atomic E-state index is 10.3. The number of ether oxygens (including phenoxy) is 2. The molecule has 0 aliphatic heterocycles. The lowest BCUT2D eigenvalue weighted by Gasteiger charge is -2.08. The van der Waals surface area contributed by atoms with Gasteiger partial charge in [0.2, 0.25) is 6.41 Å². The van der Waals surface area contributed by atoms with Crippen molar-refractivity contribution in [2.75, 3.05) is 6.54 Å². The summed E-state index contributed by atoms with van der Waals surface area (Å²) in [6, 6.07) is 5.15. The summed E-state index contributed by atoms with van der Waals surface area (Å²) in [6.07, 6.45) is 2.55. The summed E-state index contributed by atoms with van der Waals surface area (Å²) in [4.78, 5) is 20.4. The van der Waals surface area contributed by atoms with Crippen LogP contribution >= 0.6 is 0 Å². The average Bonchev–Trinajstić information content (AvgIpc) is 2.33. The molecule has 1 amide bonds. The van der Waals surface area contributed by atoms with Crippen molar-refractivity contribution in [2.45, 2.75) is 6.42 Å². The first-order chi connectivity index (χ1) is 8.31. The second-order valence-corrected chi connectivity index (χ2v) is 3.10. The summed E-state index contributed by atoms with van der Waals surface area (Å²) in [5.41, 5.74) is 0.953. The highest BCUT2D eigenvalue weighted by molar-refractivity contribution is 5.52. The first-order valence-corrected chi connectivity index (χ1v) is 4.99. The van der Waals surface area contributed by atoms with Gasteiger partial charge in [0.15, 0.2) is 11.5 Å². The zero-order valence-corrected chi connectivity index (χ0v) is 9.22. The van der Waals surface area contributed by atoms with Crippen molar-refractivity contribution < 1.29 is 19.1 Å². The van der Waals surface area contributed by atoms with Crippen molar-refractivity contribution in [2.24, 2.45) is 0 Å². The van der Waals surface area contributed by atoms with Crippen LogP contribution in [0.25, 0.3) is 0 Å². The number of benzene rings is 1. The van der Waals surface area contributed by atoms with E-state index in [0.717, 1.165) is 5.56 Å². The van der Waals surface area contributed by atoms with Crippen LogP contribution in [0.3, 0.4) is 0 Å². The highest BCUT2D eigenvalue weighted by atomic mass is 16.5. The molecule has 1 aromatic carbocycles. The molecule has 0 aliphatic carbocycles. The number of amides is 1. The molecular formula is C12H13NO4. The van der Waals surface area contributed by atoms with Gasteiger partial charge in [0.25, 0.3) is 6.47 Å². The fourth-order valence-corrected chi connectivity index (χ4v) is 1.31. The Balaban J connectivity index is 2.80. The van der Waals surface area contributed by atoms with E-state index in [4.69, 9.17) is 9.47 Å². The van der Waals surface area contributed by atoms with Gasteiger partial charge in [0.1, 0.15) is 0 Å². The largest absolute Gasteiger partial charge is 0.462 e. The Morgan fingerprint density at radius 2 is 2.06 bits per heavy atom. The van der Waals surface area contributed by atoms with Crippen LogP contribution in [-0.4, -0.2) is 19.4 Å². The van der Waals surface area contributed by atoms with Gasteiger partial charge in [-0.05, 0) is 24.1 Å². The third-order valence-electron chi connectivity index (χ3n) is 2.03. The summed E-state index contributed by atoms with van der Waals surface area (Å²) in [7, 11) is 0. The third-order valence-corrected chi connectivity index (χ3v) is 2.03. The number of nitrogens with one attached hydrogen (secondary N) is 1. The third kappa shape index (κ3) is 3.98. The topological polar surface area (TPSA) is 64.6 Å². The van der Waals surface area contributed by atoms with Crippen molar-refractivity contribution in [3.8, 4) is 11.5 Å². The molecule has 5 heteroatoms. The highest BCUT2D eigenvalue weighted by Gasteiger charge is 2.05. The zero-order chi connectivity index (χ0) is 12.5. The van der Waals surface area contributed by atoms with Gasteiger partial charge >= 0.3 is 0 Å². The molecule has 0 saturated heterocycles. The molecular weight excluding hydrogens is 222 g/mol. The number of hydrogen-bond donors (Lipinski definition) is 1. The fraction of sp³-hybridized carbons (Fsp3) is 0.167. The normalized spacial score (nSPS) is 9.18.